The van der Waals surface area contributed by atoms with Crippen molar-refractivity contribution in [1.82, 2.24) is 20.3 Å². The van der Waals surface area contributed by atoms with Gasteiger partial charge in [-0.25, -0.2) is 9.48 Å². The van der Waals surface area contributed by atoms with Crippen LogP contribution in [0.1, 0.15) is 30.0 Å². The number of hydrogen-bond donors (Lipinski definition) is 2. The highest BCUT2D eigenvalue weighted by Gasteiger charge is 2.20. The summed E-state index contributed by atoms with van der Waals surface area (Å²) in [6, 6.07) is 0.00541. The van der Waals surface area contributed by atoms with Crippen molar-refractivity contribution in [2.24, 2.45) is 0 Å². The molecule has 0 unspecified atom stereocenters. The molecule has 0 spiro atoms. The van der Waals surface area contributed by atoms with E-state index in [1.54, 1.807) is 0 Å². The summed E-state index contributed by atoms with van der Waals surface area (Å²) in [5.41, 5.74) is 0.0677. The van der Waals surface area contributed by atoms with E-state index >= 15 is 0 Å². The molecule has 1 rings (SSSR count). The summed E-state index contributed by atoms with van der Waals surface area (Å²) in [4.78, 5) is 22.5. The molecule has 0 fully saturated rings. The Bertz CT molecular complexity index is 441. The molecule has 0 aromatic carbocycles. The van der Waals surface area contributed by atoms with Gasteiger partial charge >= 0.3 is 5.97 Å². The standard InChI is InChI=1S/C10H16N4O4/c1-6(2)11-8(15)4-14-7(5-18-3)9(10(16)17)12-13-14/h6H,4-5H2,1-3H3,(H,11,15)(H,16,17). The highest BCUT2D eigenvalue weighted by Crippen LogP contribution is 2.07. The second-order valence-corrected chi connectivity index (χ2v) is 4.00. The quantitative estimate of drug-likeness (QED) is 0.720. The molecule has 0 bridgehead atoms. The predicted molar refractivity (Wildman–Crippen MR) is 61.0 cm³/mol. The molecule has 0 atom stereocenters. The van der Waals surface area contributed by atoms with Gasteiger partial charge in [0, 0.05) is 13.2 Å². The lowest BCUT2D eigenvalue weighted by Gasteiger charge is -2.09. The first-order valence-electron chi connectivity index (χ1n) is 5.39. The average molecular weight is 256 g/mol. The topological polar surface area (TPSA) is 106 Å². The number of nitrogens with zero attached hydrogens (tertiary/aromatic N) is 3. The van der Waals surface area contributed by atoms with Crippen molar-refractivity contribution in [2.45, 2.75) is 33.0 Å². The van der Waals surface area contributed by atoms with Gasteiger partial charge in [-0.15, -0.1) is 5.10 Å². The maximum Gasteiger partial charge on any atom is 0.358 e. The fourth-order valence-electron chi connectivity index (χ4n) is 1.41. The van der Waals surface area contributed by atoms with E-state index in [-0.39, 0.29) is 36.5 Å². The summed E-state index contributed by atoms with van der Waals surface area (Å²) in [6.45, 7) is 3.61. The molecule has 18 heavy (non-hydrogen) atoms. The van der Waals surface area contributed by atoms with E-state index in [0.717, 1.165) is 0 Å². The Kier molecular flexibility index (Phi) is 4.78. The summed E-state index contributed by atoms with van der Waals surface area (Å²) in [5, 5.41) is 18.8. The molecule has 2 N–H and O–H groups in total. The average Bonchev–Trinajstić information content (AvgIpc) is 2.61. The highest BCUT2D eigenvalue weighted by molar-refractivity contribution is 5.86. The van der Waals surface area contributed by atoms with E-state index in [4.69, 9.17) is 9.84 Å². The fourth-order valence-corrected chi connectivity index (χ4v) is 1.41. The molecule has 0 saturated carbocycles. The van der Waals surface area contributed by atoms with Crippen LogP contribution in [0.3, 0.4) is 0 Å². The first kappa shape index (κ1) is 14.1. The number of hydrogen-bond acceptors (Lipinski definition) is 5. The minimum Gasteiger partial charge on any atom is -0.476 e. The highest BCUT2D eigenvalue weighted by atomic mass is 16.5. The Labute approximate surface area is 104 Å². The number of methoxy groups -OCH3 is 1. The number of carbonyl (C=O) groups is 2. The lowest BCUT2D eigenvalue weighted by Crippen LogP contribution is -2.33. The van der Waals surface area contributed by atoms with Gasteiger partial charge in [0.15, 0.2) is 5.69 Å². The number of ether oxygens (including phenoxy) is 1. The Morgan fingerprint density at radius 2 is 2.17 bits per heavy atom. The normalized spacial score (nSPS) is 10.7. The molecular formula is C10H16N4O4. The maximum atomic E-state index is 11.6. The molecule has 1 aromatic rings. The Morgan fingerprint density at radius 3 is 2.67 bits per heavy atom. The first-order valence-corrected chi connectivity index (χ1v) is 5.39. The second-order valence-electron chi connectivity index (χ2n) is 4.00. The number of nitrogens with one attached hydrogen (secondary N) is 1. The third kappa shape index (κ3) is 3.52. The summed E-state index contributed by atoms with van der Waals surface area (Å²) in [7, 11) is 1.43. The number of carbonyl (C=O) groups excluding carboxylic acids is 1. The number of carboxylic acid groups (broad SMARTS) is 1. The molecule has 0 aliphatic heterocycles. The molecule has 1 amide bonds. The van der Waals surface area contributed by atoms with E-state index < -0.39 is 5.97 Å². The zero-order valence-corrected chi connectivity index (χ0v) is 10.5. The molecule has 8 nitrogen and oxygen atoms in total. The zero-order valence-electron chi connectivity index (χ0n) is 10.5. The summed E-state index contributed by atoms with van der Waals surface area (Å²) < 4.78 is 6.11. The van der Waals surface area contributed by atoms with Crippen molar-refractivity contribution in [3.63, 3.8) is 0 Å². The van der Waals surface area contributed by atoms with Crippen LogP contribution in [0, 0.1) is 0 Å². The molecule has 0 aliphatic carbocycles. The van der Waals surface area contributed by atoms with Crippen molar-refractivity contribution in [3.8, 4) is 0 Å². The largest absolute Gasteiger partial charge is 0.476 e. The van der Waals surface area contributed by atoms with Crippen LogP contribution < -0.4 is 5.32 Å². The van der Waals surface area contributed by atoms with Crippen molar-refractivity contribution in [3.05, 3.63) is 11.4 Å². The van der Waals surface area contributed by atoms with Crippen LogP contribution in [-0.4, -0.2) is 45.1 Å². The zero-order chi connectivity index (χ0) is 13.7. The van der Waals surface area contributed by atoms with Crippen molar-refractivity contribution < 1.29 is 19.4 Å². The summed E-state index contributed by atoms with van der Waals surface area (Å²) in [5.74, 6) is -1.46. The van der Waals surface area contributed by atoms with E-state index in [2.05, 4.69) is 15.6 Å². The van der Waals surface area contributed by atoms with Gasteiger partial charge in [0.2, 0.25) is 5.91 Å². The number of amides is 1. The van der Waals surface area contributed by atoms with Crippen molar-refractivity contribution >= 4 is 11.9 Å². The van der Waals surface area contributed by atoms with Gasteiger partial charge in [0.25, 0.3) is 0 Å². The van der Waals surface area contributed by atoms with Gasteiger partial charge in [-0.05, 0) is 13.8 Å². The number of aromatic carboxylic acids is 1. The number of carboxylic acids is 1. The molecule has 0 saturated heterocycles. The van der Waals surface area contributed by atoms with Gasteiger partial charge in [-0.2, -0.15) is 0 Å². The smallest absolute Gasteiger partial charge is 0.358 e. The van der Waals surface area contributed by atoms with Crippen LogP contribution in [0.2, 0.25) is 0 Å². The van der Waals surface area contributed by atoms with Gasteiger partial charge in [0.05, 0.1) is 12.3 Å². The molecule has 1 heterocycles. The Morgan fingerprint density at radius 1 is 1.50 bits per heavy atom. The van der Waals surface area contributed by atoms with Crippen LogP contribution in [0.4, 0.5) is 0 Å². The molecule has 100 valence electrons. The van der Waals surface area contributed by atoms with Crippen LogP contribution in [0.25, 0.3) is 0 Å². The van der Waals surface area contributed by atoms with Gasteiger partial charge in [0.1, 0.15) is 6.54 Å². The summed E-state index contributed by atoms with van der Waals surface area (Å²) >= 11 is 0. The first-order chi connectivity index (χ1) is 8.45. The monoisotopic (exact) mass is 256 g/mol. The van der Waals surface area contributed by atoms with Crippen LogP contribution in [0.15, 0.2) is 0 Å². The molecule has 8 heteroatoms. The Balaban J connectivity index is 2.88. The third-order valence-corrected chi connectivity index (χ3v) is 2.06. The Hall–Kier alpha value is -1.96. The van der Waals surface area contributed by atoms with Crippen LogP contribution in [0.5, 0.6) is 0 Å². The van der Waals surface area contributed by atoms with Gasteiger partial charge < -0.3 is 15.2 Å². The lowest BCUT2D eigenvalue weighted by molar-refractivity contribution is -0.122. The van der Waals surface area contributed by atoms with E-state index in [9.17, 15) is 9.59 Å². The van der Waals surface area contributed by atoms with E-state index in [0.29, 0.717) is 0 Å². The van der Waals surface area contributed by atoms with Crippen molar-refractivity contribution in [1.29, 1.82) is 0 Å². The van der Waals surface area contributed by atoms with Gasteiger partial charge in [-0.3, -0.25) is 4.79 Å². The lowest BCUT2D eigenvalue weighted by atomic mass is 10.3. The SMILES string of the molecule is COCc1c(C(=O)O)nnn1CC(=O)NC(C)C. The van der Waals surface area contributed by atoms with E-state index in [1.807, 2.05) is 13.8 Å². The molecule has 0 aliphatic rings. The van der Waals surface area contributed by atoms with E-state index in [1.165, 1.54) is 11.8 Å². The molecule has 0 radical (unpaired) electrons. The minimum absolute atomic E-state index is 0.00541. The second kappa shape index (κ2) is 6.10. The molecule has 1 aromatic heterocycles. The number of aromatic nitrogens is 3. The predicted octanol–water partition coefficient (Wildman–Crippen LogP) is -0.353. The van der Waals surface area contributed by atoms with Crippen LogP contribution >= 0.6 is 0 Å². The summed E-state index contributed by atoms with van der Waals surface area (Å²) in [6.07, 6.45) is 0. The minimum atomic E-state index is -1.20. The maximum absolute atomic E-state index is 11.6. The van der Waals surface area contributed by atoms with Gasteiger partial charge in [-0.1, -0.05) is 5.21 Å². The van der Waals surface area contributed by atoms with Crippen molar-refractivity contribution in [2.75, 3.05) is 7.11 Å². The van der Waals surface area contributed by atoms with Crippen LogP contribution in [-0.2, 0) is 22.7 Å². The number of rotatable bonds is 6. The molecular weight excluding hydrogens is 240 g/mol. The third-order valence-electron chi connectivity index (χ3n) is 2.06. The fraction of sp³-hybridized carbons (Fsp3) is 0.600.